The topological polar surface area (TPSA) is 43.8 Å². The Morgan fingerprint density at radius 2 is 2.15 bits per heavy atom. The molecule has 0 aliphatic carbocycles. The molecule has 3 nitrogen and oxygen atoms in total. The summed E-state index contributed by atoms with van der Waals surface area (Å²) in [5.74, 6) is 0.845. The Morgan fingerprint density at radius 1 is 1.40 bits per heavy atom. The molecule has 0 saturated heterocycles. The van der Waals surface area contributed by atoms with Crippen LogP contribution in [0.5, 0.6) is 0 Å². The molecule has 0 amide bonds. The molecule has 0 radical (unpaired) electrons. The molecule has 1 heterocycles. The molecular weight excluding hydrogens is 290 g/mol. The van der Waals surface area contributed by atoms with Crippen LogP contribution in [0, 0.1) is 6.92 Å². The van der Waals surface area contributed by atoms with E-state index < -0.39 is 0 Å². The number of aromatic nitrogens is 2. The van der Waals surface area contributed by atoms with Gasteiger partial charge < -0.3 is 5.73 Å². The zero-order valence-corrected chi connectivity index (χ0v) is 13.4. The maximum atomic E-state index is 6.23. The van der Waals surface area contributed by atoms with E-state index in [0.717, 1.165) is 34.3 Å². The molecule has 5 heteroatoms. The van der Waals surface area contributed by atoms with E-state index in [1.54, 1.807) is 11.8 Å². The Morgan fingerprint density at radius 3 is 2.85 bits per heavy atom. The van der Waals surface area contributed by atoms with Crippen molar-refractivity contribution in [2.75, 3.05) is 5.75 Å². The average molecular weight is 310 g/mol. The van der Waals surface area contributed by atoms with Gasteiger partial charge >= 0.3 is 0 Å². The lowest BCUT2D eigenvalue weighted by Crippen LogP contribution is -2.27. The van der Waals surface area contributed by atoms with Gasteiger partial charge in [-0.15, -0.1) is 11.8 Å². The predicted molar refractivity (Wildman–Crippen MR) is 86.5 cm³/mol. The summed E-state index contributed by atoms with van der Waals surface area (Å²) in [6.45, 7) is 4.99. The minimum absolute atomic E-state index is 0.0951. The minimum atomic E-state index is 0.0951. The monoisotopic (exact) mass is 309 g/mol. The standard InChI is InChI=1S/C15H20ClN3S/c1-3-19-13(8-11(2)18-19)9-12(17)10-20-15-7-5-4-6-14(15)16/h4-8,12H,3,9-10,17H2,1-2H3. The second-order valence-corrected chi connectivity index (χ2v) is 6.27. The van der Waals surface area contributed by atoms with E-state index in [0.29, 0.717) is 0 Å². The Bertz CT molecular complexity index is 568. The van der Waals surface area contributed by atoms with Crippen LogP contribution < -0.4 is 5.73 Å². The first kappa shape index (κ1) is 15.4. The Labute approximate surface area is 129 Å². The van der Waals surface area contributed by atoms with Crippen molar-refractivity contribution in [1.29, 1.82) is 0 Å². The van der Waals surface area contributed by atoms with E-state index in [4.69, 9.17) is 17.3 Å². The first-order valence-electron chi connectivity index (χ1n) is 6.76. The molecular formula is C15H20ClN3S. The van der Waals surface area contributed by atoms with Crippen molar-refractivity contribution >= 4 is 23.4 Å². The number of aryl methyl sites for hydroxylation is 2. The summed E-state index contributed by atoms with van der Waals surface area (Å²) in [5.41, 5.74) is 8.49. The van der Waals surface area contributed by atoms with Gasteiger partial charge in [-0.3, -0.25) is 4.68 Å². The van der Waals surface area contributed by atoms with Crippen molar-refractivity contribution in [2.45, 2.75) is 37.8 Å². The number of nitrogens with two attached hydrogens (primary N) is 1. The highest BCUT2D eigenvalue weighted by atomic mass is 35.5. The third kappa shape index (κ3) is 4.01. The normalized spacial score (nSPS) is 12.6. The van der Waals surface area contributed by atoms with Crippen LogP contribution in [0.15, 0.2) is 35.2 Å². The summed E-state index contributed by atoms with van der Waals surface area (Å²) in [6, 6.07) is 10.1. The summed E-state index contributed by atoms with van der Waals surface area (Å²) in [7, 11) is 0. The second kappa shape index (κ2) is 7.16. The predicted octanol–water partition coefficient (Wildman–Crippen LogP) is 3.53. The maximum Gasteiger partial charge on any atom is 0.0596 e. The van der Waals surface area contributed by atoms with Gasteiger partial charge in [0.15, 0.2) is 0 Å². The Kier molecular flexibility index (Phi) is 5.52. The van der Waals surface area contributed by atoms with E-state index >= 15 is 0 Å². The van der Waals surface area contributed by atoms with Crippen LogP contribution in [0.3, 0.4) is 0 Å². The fraction of sp³-hybridized carbons (Fsp3) is 0.400. The molecule has 0 bridgehead atoms. The molecule has 2 rings (SSSR count). The smallest absolute Gasteiger partial charge is 0.0596 e. The number of benzene rings is 1. The van der Waals surface area contributed by atoms with Crippen LogP contribution in [0.25, 0.3) is 0 Å². The van der Waals surface area contributed by atoms with Crippen molar-refractivity contribution in [3.05, 3.63) is 46.7 Å². The molecule has 2 aromatic rings. The number of hydrogen-bond acceptors (Lipinski definition) is 3. The number of thioether (sulfide) groups is 1. The van der Waals surface area contributed by atoms with Gasteiger partial charge in [0, 0.05) is 35.3 Å². The van der Waals surface area contributed by atoms with Gasteiger partial charge in [0.25, 0.3) is 0 Å². The van der Waals surface area contributed by atoms with E-state index in [1.165, 1.54) is 5.69 Å². The van der Waals surface area contributed by atoms with Gasteiger partial charge in [0.2, 0.25) is 0 Å². The zero-order valence-electron chi connectivity index (χ0n) is 11.8. The van der Waals surface area contributed by atoms with Gasteiger partial charge in [0.05, 0.1) is 10.7 Å². The first-order chi connectivity index (χ1) is 9.60. The van der Waals surface area contributed by atoms with Crippen molar-refractivity contribution < 1.29 is 0 Å². The summed E-state index contributed by atoms with van der Waals surface area (Å²) >= 11 is 7.85. The number of hydrogen-bond donors (Lipinski definition) is 1. The highest BCUT2D eigenvalue weighted by Gasteiger charge is 2.11. The van der Waals surface area contributed by atoms with Crippen molar-refractivity contribution in [1.82, 2.24) is 9.78 Å². The molecule has 0 spiro atoms. The summed E-state index contributed by atoms with van der Waals surface area (Å²) < 4.78 is 2.02. The van der Waals surface area contributed by atoms with Crippen LogP contribution in [0.1, 0.15) is 18.3 Å². The summed E-state index contributed by atoms with van der Waals surface area (Å²) in [4.78, 5) is 1.09. The van der Waals surface area contributed by atoms with Gasteiger partial charge in [0.1, 0.15) is 0 Å². The third-order valence-electron chi connectivity index (χ3n) is 3.05. The fourth-order valence-electron chi connectivity index (χ4n) is 2.12. The average Bonchev–Trinajstić information content (AvgIpc) is 2.78. The molecule has 0 fully saturated rings. The van der Waals surface area contributed by atoms with Crippen LogP contribution in [0.4, 0.5) is 0 Å². The van der Waals surface area contributed by atoms with Crippen LogP contribution in [0.2, 0.25) is 5.02 Å². The Hall–Kier alpha value is -0.970. The maximum absolute atomic E-state index is 6.23. The SMILES string of the molecule is CCn1nc(C)cc1CC(N)CSc1ccccc1Cl. The third-order valence-corrected chi connectivity index (χ3v) is 4.75. The molecule has 0 saturated carbocycles. The molecule has 20 heavy (non-hydrogen) atoms. The lowest BCUT2D eigenvalue weighted by atomic mass is 10.2. The van der Waals surface area contributed by atoms with Gasteiger partial charge in [-0.25, -0.2) is 0 Å². The molecule has 1 unspecified atom stereocenters. The number of halogens is 1. The van der Waals surface area contributed by atoms with E-state index in [1.807, 2.05) is 35.9 Å². The van der Waals surface area contributed by atoms with Gasteiger partial charge in [-0.2, -0.15) is 5.10 Å². The quantitative estimate of drug-likeness (QED) is 0.830. The molecule has 1 aromatic carbocycles. The Balaban J connectivity index is 1.92. The van der Waals surface area contributed by atoms with Gasteiger partial charge in [-0.1, -0.05) is 23.7 Å². The lowest BCUT2D eigenvalue weighted by Gasteiger charge is -2.12. The van der Waals surface area contributed by atoms with Gasteiger partial charge in [-0.05, 0) is 32.0 Å². The molecule has 1 aromatic heterocycles. The van der Waals surface area contributed by atoms with Crippen molar-refractivity contribution in [2.24, 2.45) is 5.73 Å². The molecule has 2 N–H and O–H groups in total. The highest BCUT2D eigenvalue weighted by Crippen LogP contribution is 2.27. The highest BCUT2D eigenvalue weighted by molar-refractivity contribution is 7.99. The largest absolute Gasteiger partial charge is 0.327 e. The van der Waals surface area contributed by atoms with E-state index in [-0.39, 0.29) is 6.04 Å². The van der Waals surface area contributed by atoms with E-state index in [2.05, 4.69) is 18.1 Å². The number of nitrogens with zero attached hydrogens (tertiary/aromatic N) is 2. The molecule has 108 valence electrons. The van der Waals surface area contributed by atoms with Crippen LogP contribution in [-0.2, 0) is 13.0 Å². The van der Waals surface area contributed by atoms with E-state index in [9.17, 15) is 0 Å². The first-order valence-corrected chi connectivity index (χ1v) is 8.12. The number of rotatable bonds is 6. The summed E-state index contributed by atoms with van der Waals surface area (Å²) in [5, 5.41) is 5.24. The molecule has 0 aliphatic rings. The second-order valence-electron chi connectivity index (χ2n) is 4.80. The zero-order chi connectivity index (χ0) is 14.5. The molecule has 0 aliphatic heterocycles. The minimum Gasteiger partial charge on any atom is -0.327 e. The van der Waals surface area contributed by atoms with Crippen molar-refractivity contribution in [3.63, 3.8) is 0 Å². The summed E-state index contributed by atoms with van der Waals surface area (Å²) in [6.07, 6.45) is 0.839. The van der Waals surface area contributed by atoms with Crippen LogP contribution in [-0.4, -0.2) is 21.6 Å². The lowest BCUT2D eigenvalue weighted by molar-refractivity contribution is 0.594. The van der Waals surface area contributed by atoms with Crippen molar-refractivity contribution in [3.8, 4) is 0 Å². The molecule has 1 atom stereocenters. The fourth-order valence-corrected chi connectivity index (χ4v) is 3.31. The van der Waals surface area contributed by atoms with Crippen LogP contribution >= 0.6 is 23.4 Å².